The molecule has 2 fully saturated rings. The van der Waals surface area contributed by atoms with Crippen molar-refractivity contribution in [3.8, 4) is 0 Å². The smallest absolute Gasteiger partial charge is 0.394 e. The highest BCUT2D eigenvalue weighted by Crippen LogP contribution is 2.48. The number of aromatic amines is 2. The van der Waals surface area contributed by atoms with Crippen molar-refractivity contribution in [2.24, 2.45) is 0 Å². The highest BCUT2D eigenvalue weighted by molar-refractivity contribution is 7.47. The zero-order valence-corrected chi connectivity index (χ0v) is 19.5. The van der Waals surface area contributed by atoms with Gasteiger partial charge in [-0.2, -0.15) is 8.78 Å². The van der Waals surface area contributed by atoms with Gasteiger partial charge in [-0.05, 0) is 0 Å². The Hall–Kier alpha value is -2.83. The summed E-state index contributed by atoms with van der Waals surface area (Å²) in [6.07, 6.45) is -7.04. The van der Waals surface area contributed by atoms with Crippen molar-refractivity contribution >= 4 is 7.82 Å². The van der Waals surface area contributed by atoms with Crippen LogP contribution in [-0.4, -0.2) is 71.8 Å². The molecule has 0 aromatic carbocycles. The van der Waals surface area contributed by atoms with Crippen LogP contribution in [0.3, 0.4) is 0 Å². The van der Waals surface area contributed by atoms with E-state index in [-0.39, 0.29) is 12.8 Å². The number of aliphatic hydroxyl groups is 2. The maximum absolute atomic E-state index is 13.6. The second-order valence-corrected chi connectivity index (χ2v) is 9.58. The van der Waals surface area contributed by atoms with E-state index < -0.39 is 92.0 Å². The Balaban J connectivity index is 1.39. The van der Waals surface area contributed by atoms with Crippen molar-refractivity contribution in [3.05, 3.63) is 65.7 Å². The van der Waals surface area contributed by atoms with E-state index in [0.717, 1.165) is 0 Å². The number of nitrogens with zero attached hydrogens (tertiary/aromatic N) is 2. The molecule has 4 heterocycles. The van der Waals surface area contributed by atoms with Gasteiger partial charge >= 0.3 is 19.2 Å². The monoisotopic (exact) mass is 554 g/mol. The molecule has 2 aromatic heterocycles. The molecular weight excluding hydrogens is 533 g/mol. The van der Waals surface area contributed by atoms with Gasteiger partial charge in [0.2, 0.25) is 11.6 Å². The first-order chi connectivity index (χ1) is 17.4. The number of H-pyrrole nitrogens is 2. The molecule has 2 aliphatic rings. The van der Waals surface area contributed by atoms with Crippen LogP contribution >= 0.6 is 7.82 Å². The highest BCUT2D eigenvalue weighted by atomic mass is 31.2. The summed E-state index contributed by atoms with van der Waals surface area (Å²) in [6.45, 7) is -1.45. The van der Waals surface area contributed by atoms with Gasteiger partial charge in [0.05, 0.1) is 31.7 Å². The van der Waals surface area contributed by atoms with Crippen molar-refractivity contribution in [1.82, 2.24) is 19.1 Å². The van der Waals surface area contributed by atoms with Gasteiger partial charge in [-0.3, -0.25) is 37.7 Å². The fraction of sp³-hybridized carbons (Fsp3) is 0.556. The number of nitrogens with one attached hydrogen (secondary N) is 2. The number of halogens is 2. The van der Waals surface area contributed by atoms with E-state index in [9.17, 15) is 47.6 Å². The lowest BCUT2D eigenvalue weighted by molar-refractivity contribution is -0.0578. The van der Waals surface area contributed by atoms with Crippen LogP contribution in [0.15, 0.2) is 31.6 Å². The molecule has 0 aliphatic carbocycles. The van der Waals surface area contributed by atoms with E-state index in [1.54, 1.807) is 9.97 Å². The fourth-order valence-corrected chi connectivity index (χ4v) is 4.86. The van der Waals surface area contributed by atoms with Crippen LogP contribution in [0.4, 0.5) is 8.78 Å². The van der Waals surface area contributed by atoms with Gasteiger partial charge in [0.1, 0.15) is 30.8 Å². The summed E-state index contributed by atoms with van der Waals surface area (Å²) in [5.74, 6) is -2.56. The number of hydrogen-bond acceptors (Lipinski definition) is 11. The normalized spacial score (nSPS) is 29.4. The van der Waals surface area contributed by atoms with Crippen LogP contribution < -0.4 is 22.5 Å². The van der Waals surface area contributed by atoms with Gasteiger partial charge in [-0.15, -0.1) is 0 Å². The second kappa shape index (κ2) is 10.5. The van der Waals surface area contributed by atoms with Crippen molar-refractivity contribution in [3.63, 3.8) is 0 Å². The molecule has 0 radical (unpaired) electrons. The second-order valence-electron chi connectivity index (χ2n) is 8.18. The summed E-state index contributed by atoms with van der Waals surface area (Å²) in [6, 6.07) is 0. The Morgan fingerprint density at radius 3 is 2.03 bits per heavy atom. The molecule has 0 bridgehead atoms. The van der Waals surface area contributed by atoms with Gasteiger partial charge in [-0.25, -0.2) is 14.2 Å². The molecule has 2 aliphatic heterocycles. The molecule has 0 amide bonds. The summed E-state index contributed by atoms with van der Waals surface area (Å²) >= 11 is 0. The Morgan fingerprint density at radius 2 is 1.49 bits per heavy atom. The van der Waals surface area contributed by atoms with E-state index in [1.807, 2.05) is 0 Å². The zero-order chi connectivity index (χ0) is 27.1. The molecule has 2 aromatic rings. The average molecular weight is 554 g/mol. The number of aliphatic hydroxyl groups excluding tert-OH is 2. The third-order valence-corrected chi connectivity index (χ3v) is 6.72. The lowest BCUT2D eigenvalue weighted by atomic mass is 10.2. The summed E-state index contributed by atoms with van der Waals surface area (Å²) in [7, 11) is -4.91. The van der Waals surface area contributed by atoms with Crippen molar-refractivity contribution < 1.29 is 47.0 Å². The summed E-state index contributed by atoms with van der Waals surface area (Å²) in [5.41, 5.74) is -4.53. The summed E-state index contributed by atoms with van der Waals surface area (Å²) in [4.78, 5) is 59.9. The van der Waals surface area contributed by atoms with E-state index >= 15 is 0 Å². The minimum absolute atomic E-state index is 0.245. The predicted molar refractivity (Wildman–Crippen MR) is 113 cm³/mol. The maximum Gasteiger partial charge on any atom is 0.472 e. The minimum Gasteiger partial charge on any atom is -0.394 e. The SMILES string of the molecule is O=c1[nH]c(=O)n([C@H]2C[C@H](OP(=O)(O)OC[C@H]3O[C@@H](n4cc(F)c(=O)[nH]c4=O)C[C@@H]3O)[C@@H](CO)O2)cc1F. The number of hydrogen-bond donors (Lipinski definition) is 5. The molecule has 0 spiro atoms. The summed E-state index contributed by atoms with van der Waals surface area (Å²) in [5, 5.41) is 19.7. The van der Waals surface area contributed by atoms with Crippen LogP contribution in [0.2, 0.25) is 0 Å². The summed E-state index contributed by atoms with van der Waals surface area (Å²) < 4.78 is 61.7. The van der Waals surface area contributed by atoms with E-state index in [0.29, 0.717) is 21.5 Å². The van der Waals surface area contributed by atoms with Crippen LogP contribution in [-0.2, 0) is 23.1 Å². The molecule has 37 heavy (non-hydrogen) atoms. The van der Waals surface area contributed by atoms with Crippen molar-refractivity contribution in [2.75, 3.05) is 13.2 Å². The minimum atomic E-state index is -4.91. The lowest BCUT2D eigenvalue weighted by Gasteiger charge is -2.21. The Labute approximate surface area is 203 Å². The Kier molecular flexibility index (Phi) is 7.72. The number of phosphoric acid groups is 1. The largest absolute Gasteiger partial charge is 0.472 e. The third kappa shape index (κ3) is 5.86. The van der Waals surface area contributed by atoms with Crippen LogP contribution in [0.25, 0.3) is 0 Å². The molecular formula is C18H21F2N4O12P. The van der Waals surface area contributed by atoms with Crippen LogP contribution in [0, 0.1) is 11.6 Å². The molecule has 5 N–H and O–H groups in total. The molecule has 7 atom stereocenters. The van der Waals surface area contributed by atoms with Gasteiger partial charge < -0.3 is 24.6 Å². The molecule has 204 valence electrons. The number of rotatable bonds is 8. The lowest BCUT2D eigenvalue weighted by Crippen LogP contribution is -2.34. The van der Waals surface area contributed by atoms with E-state index in [1.165, 1.54) is 0 Å². The molecule has 1 unspecified atom stereocenters. The van der Waals surface area contributed by atoms with Crippen molar-refractivity contribution in [1.29, 1.82) is 0 Å². The first kappa shape index (κ1) is 27.2. The Morgan fingerprint density at radius 1 is 0.973 bits per heavy atom. The predicted octanol–water partition coefficient (Wildman–Crippen LogP) is -2.20. The number of aromatic nitrogens is 4. The zero-order valence-electron chi connectivity index (χ0n) is 18.6. The molecule has 16 nitrogen and oxygen atoms in total. The number of phosphoric ester groups is 1. The third-order valence-electron chi connectivity index (χ3n) is 5.70. The molecule has 19 heteroatoms. The van der Waals surface area contributed by atoms with E-state index in [2.05, 4.69) is 0 Å². The topological polar surface area (TPSA) is 224 Å². The highest BCUT2D eigenvalue weighted by Gasteiger charge is 2.43. The standard InChI is InChI=1S/C18H21F2N4O12P/c19-7-3-23(17(29)21-15(7)27)13-1-9(26)12(35-13)6-33-37(31,32)36-10-2-14(34-11(10)5-25)24-4-8(20)16(28)22-18(24)30/h3-4,9-14,25-26H,1-2,5-6H2,(H,31,32)(H,21,27,29)(H,22,28,30)/t9-,10-,11+,12+,13+,14+/m0/s1. The van der Waals surface area contributed by atoms with Gasteiger partial charge in [-0.1, -0.05) is 0 Å². The number of ether oxygens (including phenoxy) is 2. The van der Waals surface area contributed by atoms with Gasteiger partial charge in [0.15, 0.2) is 0 Å². The molecule has 4 rings (SSSR count). The quantitative estimate of drug-likeness (QED) is 0.219. The van der Waals surface area contributed by atoms with Crippen LogP contribution in [0.1, 0.15) is 25.3 Å². The van der Waals surface area contributed by atoms with E-state index in [4.69, 9.17) is 18.5 Å². The van der Waals surface area contributed by atoms with Gasteiger partial charge in [0.25, 0.3) is 11.1 Å². The van der Waals surface area contributed by atoms with Crippen LogP contribution in [0.5, 0.6) is 0 Å². The van der Waals surface area contributed by atoms with Gasteiger partial charge in [0, 0.05) is 12.8 Å². The van der Waals surface area contributed by atoms with Crippen molar-refractivity contribution in [2.45, 2.75) is 49.7 Å². The average Bonchev–Trinajstić information content (AvgIpc) is 3.39. The fourth-order valence-electron chi connectivity index (χ4n) is 3.90. The molecule has 2 saturated heterocycles. The first-order valence-electron chi connectivity index (χ1n) is 10.7. The maximum atomic E-state index is 13.6. The first-order valence-corrected chi connectivity index (χ1v) is 12.2. The molecule has 0 saturated carbocycles. The Bertz CT molecular complexity index is 1440.